The summed E-state index contributed by atoms with van der Waals surface area (Å²) in [6.07, 6.45) is 3.76. The molecule has 22 heavy (non-hydrogen) atoms. The Balaban J connectivity index is 1.98. The molecule has 0 fully saturated rings. The number of anilines is 1. The van der Waals surface area contributed by atoms with Crippen molar-refractivity contribution in [1.29, 1.82) is 0 Å². The third kappa shape index (κ3) is 4.41. The van der Waals surface area contributed by atoms with Crippen LogP contribution in [0.5, 0.6) is 0 Å². The molecule has 1 amide bonds. The van der Waals surface area contributed by atoms with Crippen LogP contribution in [0.3, 0.4) is 0 Å². The fraction of sp³-hybridized carbons (Fsp3) is 0.333. The molecule has 0 radical (unpaired) electrons. The lowest BCUT2D eigenvalue weighted by Crippen LogP contribution is -2.39. The Kier molecular flexibility index (Phi) is 5.77. The minimum atomic E-state index is -0.254. The SMILES string of the molecule is C[C@H](C(=O)Nc1ccc(Br)cc1Br)N(C)Cc1cnn(C)c1. The Labute approximate surface area is 146 Å². The molecule has 0 bridgehead atoms. The summed E-state index contributed by atoms with van der Waals surface area (Å²) < 4.78 is 3.56. The van der Waals surface area contributed by atoms with Gasteiger partial charge in [-0.2, -0.15) is 5.10 Å². The molecule has 1 atom stereocenters. The number of rotatable bonds is 5. The van der Waals surface area contributed by atoms with E-state index in [0.717, 1.165) is 20.2 Å². The van der Waals surface area contributed by atoms with Crippen molar-refractivity contribution >= 4 is 43.5 Å². The molecule has 1 aromatic heterocycles. The van der Waals surface area contributed by atoms with Gasteiger partial charge in [-0.3, -0.25) is 14.4 Å². The molecule has 0 aliphatic carbocycles. The van der Waals surface area contributed by atoms with Gasteiger partial charge in [0.1, 0.15) is 0 Å². The molecule has 1 N–H and O–H groups in total. The first-order chi connectivity index (χ1) is 10.4. The molecule has 0 spiro atoms. The fourth-order valence-electron chi connectivity index (χ4n) is 2.01. The summed E-state index contributed by atoms with van der Waals surface area (Å²) in [5.41, 5.74) is 1.84. The molecular weight excluding hydrogens is 412 g/mol. The summed E-state index contributed by atoms with van der Waals surface area (Å²) >= 11 is 6.84. The van der Waals surface area contributed by atoms with Crippen molar-refractivity contribution in [2.45, 2.75) is 19.5 Å². The Morgan fingerprint density at radius 2 is 2.18 bits per heavy atom. The topological polar surface area (TPSA) is 50.2 Å². The molecule has 118 valence electrons. The highest BCUT2D eigenvalue weighted by Crippen LogP contribution is 2.26. The first kappa shape index (κ1) is 17.2. The van der Waals surface area contributed by atoms with Crippen LogP contribution in [0.1, 0.15) is 12.5 Å². The van der Waals surface area contributed by atoms with E-state index in [2.05, 4.69) is 42.3 Å². The minimum Gasteiger partial charge on any atom is -0.324 e. The standard InChI is InChI=1S/C15H18Br2N4O/c1-10(20(2)8-11-7-18-21(3)9-11)15(22)19-14-5-4-12(16)6-13(14)17/h4-7,9-10H,8H2,1-3H3,(H,19,22)/t10-/m1/s1. The van der Waals surface area contributed by atoms with Gasteiger partial charge in [0, 0.05) is 34.3 Å². The van der Waals surface area contributed by atoms with Gasteiger partial charge in [0.2, 0.25) is 5.91 Å². The number of benzene rings is 1. The van der Waals surface area contributed by atoms with E-state index in [1.807, 2.05) is 56.5 Å². The number of nitrogens with zero attached hydrogens (tertiary/aromatic N) is 3. The first-order valence-electron chi connectivity index (χ1n) is 6.80. The number of hydrogen-bond acceptors (Lipinski definition) is 3. The summed E-state index contributed by atoms with van der Waals surface area (Å²) in [5, 5.41) is 7.08. The Morgan fingerprint density at radius 3 is 2.77 bits per heavy atom. The number of likely N-dealkylation sites (N-methyl/N-ethyl adjacent to an activating group) is 1. The minimum absolute atomic E-state index is 0.0468. The number of aromatic nitrogens is 2. The van der Waals surface area contributed by atoms with Crippen molar-refractivity contribution in [2.75, 3.05) is 12.4 Å². The number of carbonyl (C=O) groups excluding carboxylic acids is 1. The van der Waals surface area contributed by atoms with E-state index < -0.39 is 0 Å². The van der Waals surface area contributed by atoms with Gasteiger partial charge in [0.05, 0.1) is 17.9 Å². The van der Waals surface area contributed by atoms with E-state index in [1.54, 1.807) is 4.68 Å². The van der Waals surface area contributed by atoms with Gasteiger partial charge in [0.25, 0.3) is 0 Å². The molecule has 5 nitrogen and oxygen atoms in total. The van der Waals surface area contributed by atoms with Crippen LogP contribution in [0.2, 0.25) is 0 Å². The van der Waals surface area contributed by atoms with Crippen molar-refractivity contribution < 1.29 is 4.79 Å². The van der Waals surface area contributed by atoms with Gasteiger partial charge < -0.3 is 5.32 Å². The van der Waals surface area contributed by atoms with E-state index in [1.165, 1.54) is 0 Å². The molecule has 2 aromatic rings. The zero-order valence-electron chi connectivity index (χ0n) is 12.7. The van der Waals surface area contributed by atoms with Crippen LogP contribution >= 0.6 is 31.9 Å². The lowest BCUT2D eigenvalue weighted by Gasteiger charge is -2.23. The second kappa shape index (κ2) is 7.39. The molecule has 0 saturated carbocycles. The third-order valence-electron chi connectivity index (χ3n) is 3.42. The lowest BCUT2D eigenvalue weighted by atomic mass is 10.2. The molecule has 0 saturated heterocycles. The second-order valence-corrected chi connectivity index (χ2v) is 7.00. The molecular formula is C15H18Br2N4O. The maximum absolute atomic E-state index is 12.4. The predicted octanol–water partition coefficient (Wildman–Crippen LogP) is 3.40. The summed E-state index contributed by atoms with van der Waals surface area (Å²) in [5.74, 6) is -0.0468. The van der Waals surface area contributed by atoms with Gasteiger partial charge in [-0.05, 0) is 48.1 Å². The third-order valence-corrected chi connectivity index (χ3v) is 4.57. The van der Waals surface area contributed by atoms with Gasteiger partial charge in [0.15, 0.2) is 0 Å². The van der Waals surface area contributed by atoms with Crippen LogP contribution in [0.15, 0.2) is 39.5 Å². The predicted molar refractivity (Wildman–Crippen MR) is 94.6 cm³/mol. The van der Waals surface area contributed by atoms with Gasteiger partial charge in [-0.15, -0.1) is 0 Å². The van der Waals surface area contributed by atoms with E-state index in [-0.39, 0.29) is 11.9 Å². The van der Waals surface area contributed by atoms with Crippen LogP contribution in [0.4, 0.5) is 5.69 Å². The highest BCUT2D eigenvalue weighted by molar-refractivity contribution is 9.11. The van der Waals surface area contributed by atoms with Gasteiger partial charge in [-0.25, -0.2) is 0 Å². The average molecular weight is 430 g/mol. The normalized spacial score (nSPS) is 12.5. The summed E-state index contributed by atoms with van der Waals surface area (Å²) in [6.45, 7) is 2.56. The Bertz CT molecular complexity index is 671. The van der Waals surface area contributed by atoms with Gasteiger partial charge >= 0.3 is 0 Å². The summed E-state index contributed by atoms with van der Waals surface area (Å²) in [4.78, 5) is 14.4. The number of carbonyl (C=O) groups is 1. The van der Waals surface area contributed by atoms with Crippen molar-refractivity contribution in [3.63, 3.8) is 0 Å². The van der Waals surface area contributed by atoms with Crippen LogP contribution in [-0.2, 0) is 18.4 Å². The number of hydrogen-bond donors (Lipinski definition) is 1. The smallest absolute Gasteiger partial charge is 0.241 e. The quantitative estimate of drug-likeness (QED) is 0.792. The van der Waals surface area contributed by atoms with Crippen LogP contribution < -0.4 is 5.32 Å². The fourth-order valence-corrected chi connectivity index (χ4v) is 3.15. The molecule has 2 rings (SSSR count). The number of halogens is 2. The molecule has 0 aliphatic rings. The van der Waals surface area contributed by atoms with Gasteiger partial charge in [-0.1, -0.05) is 15.9 Å². The first-order valence-corrected chi connectivity index (χ1v) is 8.39. The van der Waals surface area contributed by atoms with Crippen LogP contribution in [-0.4, -0.2) is 33.7 Å². The average Bonchev–Trinajstić information content (AvgIpc) is 2.86. The number of aryl methyl sites for hydroxylation is 1. The maximum atomic E-state index is 12.4. The van der Waals surface area contributed by atoms with E-state index in [4.69, 9.17) is 0 Å². The van der Waals surface area contributed by atoms with Crippen molar-refractivity contribution in [3.8, 4) is 0 Å². The molecule has 7 heteroatoms. The second-order valence-electron chi connectivity index (χ2n) is 5.23. The molecule has 1 aromatic carbocycles. The Hall–Kier alpha value is -1.18. The molecule has 0 unspecified atom stereocenters. The van der Waals surface area contributed by atoms with E-state index >= 15 is 0 Å². The van der Waals surface area contributed by atoms with E-state index in [0.29, 0.717) is 6.54 Å². The number of nitrogens with one attached hydrogen (secondary N) is 1. The summed E-state index contributed by atoms with van der Waals surface area (Å²) in [7, 11) is 3.80. The zero-order chi connectivity index (χ0) is 16.3. The maximum Gasteiger partial charge on any atom is 0.241 e. The molecule has 1 heterocycles. The number of amides is 1. The molecule has 0 aliphatic heterocycles. The van der Waals surface area contributed by atoms with Crippen LogP contribution in [0, 0.1) is 0 Å². The Morgan fingerprint density at radius 1 is 1.45 bits per heavy atom. The van der Waals surface area contributed by atoms with E-state index in [9.17, 15) is 4.79 Å². The van der Waals surface area contributed by atoms with Crippen molar-refractivity contribution in [3.05, 3.63) is 45.1 Å². The zero-order valence-corrected chi connectivity index (χ0v) is 15.8. The highest BCUT2D eigenvalue weighted by Gasteiger charge is 2.19. The highest BCUT2D eigenvalue weighted by atomic mass is 79.9. The van der Waals surface area contributed by atoms with Crippen LogP contribution in [0.25, 0.3) is 0 Å². The lowest BCUT2D eigenvalue weighted by molar-refractivity contribution is -0.120. The van der Waals surface area contributed by atoms with Crippen molar-refractivity contribution in [1.82, 2.24) is 14.7 Å². The van der Waals surface area contributed by atoms with Crippen molar-refractivity contribution in [2.24, 2.45) is 7.05 Å². The summed E-state index contributed by atoms with van der Waals surface area (Å²) in [6, 6.07) is 5.40. The monoisotopic (exact) mass is 428 g/mol. The largest absolute Gasteiger partial charge is 0.324 e.